The van der Waals surface area contributed by atoms with E-state index in [4.69, 9.17) is 0 Å². The van der Waals surface area contributed by atoms with E-state index >= 15 is 0 Å². The fourth-order valence-corrected chi connectivity index (χ4v) is 4.06. The molecule has 0 spiro atoms. The molecule has 0 aliphatic carbocycles. The third-order valence-electron chi connectivity index (χ3n) is 4.45. The number of aromatic nitrogens is 1. The molecule has 4 rings (SSSR count). The van der Waals surface area contributed by atoms with Gasteiger partial charge in [0.15, 0.2) is 5.78 Å². The first-order valence-corrected chi connectivity index (χ1v) is 9.16. The fraction of sp³-hybridized carbons (Fsp3) is 0.150. The molecule has 1 fully saturated rings. The molecule has 1 aromatic heterocycles. The smallest absolute Gasteiger partial charge is 0.286 e. The summed E-state index contributed by atoms with van der Waals surface area (Å²) < 4.78 is 1.92. The van der Waals surface area contributed by atoms with Crippen molar-refractivity contribution in [3.63, 3.8) is 0 Å². The molecule has 1 aliphatic rings. The van der Waals surface area contributed by atoms with Crippen LogP contribution in [0.25, 0.3) is 10.9 Å². The van der Waals surface area contributed by atoms with Gasteiger partial charge in [-0.25, -0.2) is 0 Å². The second-order valence-corrected chi connectivity index (χ2v) is 7.35. The van der Waals surface area contributed by atoms with Crippen molar-refractivity contribution in [2.24, 2.45) is 0 Å². The number of benzene rings is 2. The predicted molar refractivity (Wildman–Crippen MR) is 101 cm³/mol. The number of nitrogens with one attached hydrogen (secondary N) is 1. The summed E-state index contributed by atoms with van der Waals surface area (Å²) in [5.74, 6) is -0.224. The van der Waals surface area contributed by atoms with E-state index in [2.05, 4.69) is 5.32 Å². The van der Waals surface area contributed by atoms with Gasteiger partial charge in [0.2, 0.25) is 5.91 Å². The van der Waals surface area contributed by atoms with Gasteiger partial charge in [0.1, 0.15) is 0 Å². The van der Waals surface area contributed by atoms with Crippen LogP contribution in [0.4, 0.5) is 4.79 Å². The third-order valence-corrected chi connectivity index (χ3v) is 5.43. The van der Waals surface area contributed by atoms with Gasteiger partial charge in [-0.05, 0) is 18.1 Å². The Morgan fingerprint density at radius 1 is 1.04 bits per heavy atom. The van der Waals surface area contributed by atoms with Crippen molar-refractivity contribution in [3.05, 3.63) is 71.9 Å². The SMILES string of the molecule is O=C1NC(=O)C(Cc2cn(CC(=O)c3ccccc3)c3ccccc23)S1. The Labute approximate surface area is 154 Å². The first kappa shape index (κ1) is 16.6. The lowest BCUT2D eigenvalue weighted by atomic mass is 10.1. The van der Waals surface area contributed by atoms with Crippen LogP contribution in [0.3, 0.4) is 0 Å². The number of fused-ring (bicyclic) bond motifs is 1. The average molecular weight is 364 g/mol. The molecule has 130 valence electrons. The number of amides is 2. The van der Waals surface area contributed by atoms with E-state index in [1.165, 1.54) is 0 Å². The largest absolute Gasteiger partial charge is 0.339 e. The summed E-state index contributed by atoms with van der Waals surface area (Å²) in [4.78, 5) is 35.9. The summed E-state index contributed by atoms with van der Waals surface area (Å²) in [5, 5.41) is 2.59. The second kappa shape index (κ2) is 6.80. The number of hydrogen-bond donors (Lipinski definition) is 1. The monoisotopic (exact) mass is 364 g/mol. The Balaban J connectivity index is 1.65. The third kappa shape index (κ3) is 3.15. The molecule has 6 heteroatoms. The van der Waals surface area contributed by atoms with Gasteiger partial charge in [0, 0.05) is 22.7 Å². The molecule has 2 heterocycles. The summed E-state index contributed by atoms with van der Waals surface area (Å²) >= 11 is 1.02. The van der Waals surface area contributed by atoms with E-state index in [1.54, 1.807) is 12.1 Å². The van der Waals surface area contributed by atoms with E-state index in [0.717, 1.165) is 28.2 Å². The molecule has 0 bridgehead atoms. The Morgan fingerprint density at radius 3 is 2.50 bits per heavy atom. The number of rotatable bonds is 5. The molecule has 1 unspecified atom stereocenters. The Kier molecular flexibility index (Phi) is 4.34. The van der Waals surface area contributed by atoms with Gasteiger partial charge in [-0.15, -0.1) is 0 Å². The van der Waals surface area contributed by atoms with Crippen LogP contribution < -0.4 is 5.32 Å². The molecule has 26 heavy (non-hydrogen) atoms. The minimum atomic E-state index is -0.424. The molecule has 1 aliphatic heterocycles. The molecule has 2 aromatic carbocycles. The van der Waals surface area contributed by atoms with Gasteiger partial charge >= 0.3 is 0 Å². The van der Waals surface area contributed by atoms with Crippen LogP contribution in [0, 0.1) is 0 Å². The summed E-state index contributed by atoms with van der Waals surface area (Å²) in [5.41, 5.74) is 2.58. The maximum Gasteiger partial charge on any atom is 0.286 e. The number of carbonyl (C=O) groups excluding carboxylic acids is 3. The molecule has 1 N–H and O–H groups in total. The van der Waals surface area contributed by atoms with Crippen LogP contribution in [-0.4, -0.2) is 26.7 Å². The normalized spacial score (nSPS) is 16.8. The van der Waals surface area contributed by atoms with Gasteiger partial charge in [0.05, 0.1) is 11.8 Å². The maximum absolute atomic E-state index is 12.6. The van der Waals surface area contributed by atoms with Crippen LogP contribution >= 0.6 is 11.8 Å². The Morgan fingerprint density at radius 2 is 1.77 bits per heavy atom. The van der Waals surface area contributed by atoms with E-state index in [9.17, 15) is 14.4 Å². The van der Waals surface area contributed by atoms with Gasteiger partial charge in [-0.3, -0.25) is 19.7 Å². The number of thioether (sulfide) groups is 1. The van der Waals surface area contributed by atoms with Crippen molar-refractivity contribution in [1.29, 1.82) is 0 Å². The van der Waals surface area contributed by atoms with E-state index in [0.29, 0.717) is 12.0 Å². The van der Waals surface area contributed by atoms with E-state index in [-0.39, 0.29) is 23.5 Å². The molecular formula is C20H16N2O3S. The van der Waals surface area contributed by atoms with E-state index in [1.807, 2.05) is 53.2 Å². The van der Waals surface area contributed by atoms with Crippen molar-refractivity contribution in [2.45, 2.75) is 18.2 Å². The summed E-state index contributed by atoms with van der Waals surface area (Å²) in [7, 11) is 0. The van der Waals surface area contributed by atoms with Gasteiger partial charge in [-0.1, -0.05) is 60.3 Å². The zero-order valence-corrected chi connectivity index (χ0v) is 14.7. The Hall–Kier alpha value is -2.86. The van der Waals surface area contributed by atoms with Gasteiger partial charge < -0.3 is 4.57 Å². The molecule has 1 atom stereocenters. The molecule has 5 nitrogen and oxygen atoms in total. The first-order chi connectivity index (χ1) is 12.6. The first-order valence-electron chi connectivity index (χ1n) is 8.28. The summed E-state index contributed by atoms with van der Waals surface area (Å²) in [6.07, 6.45) is 2.37. The number of carbonyl (C=O) groups is 3. The van der Waals surface area contributed by atoms with Crippen molar-refractivity contribution in [3.8, 4) is 0 Å². The summed E-state index contributed by atoms with van der Waals surface area (Å²) in [6.45, 7) is 0.230. The van der Waals surface area contributed by atoms with E-state index < -0.39 is 5.25 Å². The molecule has 3 aromatic rings. The van der Waals surface area contributed by atoms with Crippen LogP contribution in [0.5, 0.6) is 0 Å². The van der Waals surface area contributed by atoms with Crippen molar-refractivity contribution < 1.29 is 14.4 Å². The van der Waals surface area contributed by atoms with Crippen LogP contribution in [0.1, 0.15) is 15.9 Å². The molecule has 1 saturated heterocycles. The fourth-order valence-electron chi connectivity index (χ4n) is 3.21. The van der Waals surface area contributed by atoms with Crippen molar-refractivity contribution in [1.82, 2.24) is 9.88 Å². The van der Waals surface area contributed by atoms with Crippen LogP contribution in [0.15, 0.2) is 60.8 Å². The second-order valence-electron chi connectivity index (χ2n) is 6.18. The number of hydrogen-bond acceptors (Lipinski definition) is 4. The lowest BCUT2D eigenvalue weighted by Crippen LogP contribution is -2.25. The molecular weight excluding hydrogens is 348 g/mol. The number of nitrogens with zero attached hydrogens (tertiary/aromatic N) is 1. The lowest BCUT2D eigenvalue weighted by molar-refractivity contribution is -0.118. The lowest BCUT2D eigenvalue weighted by Gasteiger charge is -2.05. The highest BCUT2D eigenvalue weighted by molar-refractivity contribution is 8.15. The predicted octanol–water partition coefficient (Wildman–Crippen LogP) is 3.42. The molecule has 2 amide bonds. The zero-order valence-electron chi connectivity index (χ0n) is 13.8. The van der Waals surface area contributed by atoms with Crippen LogP contribution in [0.2, 0.25) is 0 Å². The summed E-state index contributed by atoms with van der Waals surface area (Å²) in [6, 6.07) is 17.0. The standard InChI is InChI=1S/C20H16N2O3S/c23-17(13-6-2-1-3-7-13)12-22-11-14(15-8-4-5-9-16(15)22)10-18-19(24)21-20(25)26-18/h1-9,11,18H,10,12H2,(H,21,24,25). The number of para-hydroxylation sites is 1. The number of Topliss-reactive ketones (excluding diaryl/α,β-unsaturated/α-hetero) is 1. The highest BCUT2D eigenvalue weighted by Crippen LogP contribution is 2.28. The molecule has 0 saturated carbocycles. The number of ketones is 1. The van der Waals surface area contributed by atoms with Gasteiger partial charge in [0.25, 0.3) is 5.24 Å². The molecule has 0 radical (unpaired) electrons. The minimum absolute atomic E-state index is 0.0288. The van der Waals surface area contributed by atoms with Crippen molar-refractivity contribution in [2.75, 3.05) is 0 Å². The average Bonchev–Trinajstić information content (AvgIpc) is 3.16. The van der Waals surface area contributed by atoms with Gasteiger partial charge in [-0.2, -0.15) is 0 Å². The highest BCUT2D eigenvalue weighted by atomic mass is 32.2. The topological polar surface area (TPSA) is 68.2 Å². The van der Waals surface area contributed by atoms with Crippen molar-refractivity contribution >= 4 is 39.6 Å². The maximum atomic E-state index is 12.6. The highest BCUT2D eigenvalue weighted by Gasteiger charge is 2.32. The quantitative estimate of drug-likeness (QED) is 0.705. The number of imide groups is 1. The van der Waals surface area contributed by atoms with Crippen LogP contribution in [-0.2, 0) is 17.8 Å². The zero-order chi connectivity index (χ0) is 18.1. The minimum Gasteiger partial charge on any atom is -0.339 e. The Bertz CT molecular complexity index is 1010.